The standard InChI is InChI=1S/C15H20N2O4/c1-8(2)12(13(18)17-15(16)20)21-14(19)11-6-5-9(3)7-10(11)4/h5-8,12H,1-4H3,(H3,16,17,18,20)/t12-/m1/s1. The van der Waals surface area contributed by atoms with E-state index in [0.717, 1.165) is 11.1 Å². The highest BCUT2D eigenvalue weighted by Gasteiger charge is 2.28. The highest BCUT2D eigenvalue weighted by molar-refractivity contribution is 5.98. The maximum Gasteiger partial charge on any atom is 0.339 e. The van der Waals surface area contributed by atoms with Gasteiger partial charge < -0.3 is 10.5 Å². The molecule has 0 radical (unpaired) electrons. The van der Waals surface area contributed by atoms with E-state index >= 15 is 0 Å². The van der Waals surface area contributed by atoms with Crippen LogP contribution in [0.2, 0.25) is 0 Å². The van der Waals surface area contributed by atoms with Gasteiger partial charge in [0.05, 0.1) is 5.56 Å². The molecule has 3 amide bonds. The van der Waals surface area contributed by atoms with Crippen molar-refractivity contribution in [3.63, 3.8) is 0 Å². The Balaban J connectivity index is 2.91. The van der Waals surface area contributed by atoms with Gasteiger partial charge >= 0.3 is 12.0 Å². The van der Waals surface area contributed by atoms with Crippen molar-refractivity contribution in [2.24, 2.45) is 11.7 Å². The van der Waals surface area contributed by atoms with E-state index < -0.39 is 24.0 Å². The molecule has 0 unspecified atom stereocenters. The molecular formula is C15H20N2O4. The van der Waals surface area contributed by atoms with Gasteiger partial charge in [-0.15, -0.1) is 0 Å². The van der Waals surface area contributed by atoms with Gasteiger partial charge in [0.15, 0.2) is 6.10 Å². The van der Waals surface area contributed by atoms with E-state index in [1.807, 2.05) is 18.3 Å². The smallest absolute Gasteiger partial charge is 0.339 e. The van der Waals surface area contributed by atoms with Crippen LogP contribution in [-0.4, -0.2) is 24.0 Å². The second-order valence-electron chi connectivity index (χ2n) is 5.24. The van der Waals surface area contributed by atoms with Crippen LogP contribution in [0.4, 0.5) is 4.79 Å². The minimum atomic E-state index is -1.08. The lowest BCUT2D eigenvalue weighted by atomic mass is 10.0. The first kappa shape index (κ1) is 16.7. The number of primary amides is 1. The van der Waals surface area contributed by atoms with Gasteiger partial charge in [-0.2, -0.15) is 0 Å². The third kappa shape index (κ3) is 4.59. The first-order valence-corrected chi connectivity index (χ1v) is 6.61. The third-order valence-electron chi connectivity index (χ3n) is 2.95. The van der Waals surface area contributed by atoms with Gasteiger partial charge in [0.2, 0.25) is 0 Å². The lowest BCUT2D eigenvalue weighted by Gasteiger charge is -2.20. The zero-order valence-corrected chi connectivity index (χ0v) is 12.6. The fourth-order valence-corrected chi connectivity index (χ4v) is 1.91. The maximum atomic E-state index is 12.2. The van der Waals surface area contributed by atoms with Gasteiger partial charge in [-0.25, -0.2) is 9.59 Å². The monoisotopic (exact) mass is 292 g/mol. The second kappa shape index (κ2) is 6.88. The molecule has 1 atom stereocenters. The van der Waals surface area contributed by atoms with Crippen molar-refractivity contribution in [2.45, 2.75) is 33.8 Å². The largest absolute Gasteiger partial charge is 0.448 e. The summed E-state index contributed by atoms with van der Waals surface area (Å²) in [4.78, 5) is 34.7. The van der Waals surface area contributed by atoms with Gasteiger partial charge in [0.25, 0.3) is 5.91 Å². The molecule has 0 spiro atoms. The molecule has 1 aromatic rings. The molecule has 21 heavy (non-hydrogen) atoms. The summed E-state index contributed by atoms with van der Waals surface area (Å²) in [6.45, 7) is 7.12. The molecule has 0 aliphatic rings. The van der Waals surface area contributed by atoms with Crippen LogP contribution in [0.25, 0.3) is 0 Å². The number of nitrogens with two attached hydrogens (primary N) is 1. The summed E-state index contributed by atoms with van der Waals surface area (Å²) >= 11 is 0. The number of amides is 3. The number of hydrogen-bond acceptors (Lipinski definition) is 4. The molecule has 0 bridgehead atoms. The fourth-order valence-electron chi connectivity index (χ4n) is 1.91. The molecular weight excluding hydrogens is 272 g/mol. The summed E-state index contributed by atoms with van der Waals surface area (Å²) in [6, 6.07) is 4.31. The van der Waals surface area contributed by atoms with E-state index in [4.69, 9.17) is 10.5 Å². The summed E-state index contributed by atoms with van der Waals surface area (Å²) in [7, 11) is 0. The van der Waals surface area contributed by atoms with Crippen molar-refractivity contribution in [1.29, 1.82) is 0 Å². The van der Waals surface area contributed by atoms with Gasteiger partial charge in [-0.05, 0) is 31.4 Å². The quantitative estimate of drug-likeness (QED) is 0.825. The average molecular weight is 292 g/mol. The number of imide groups is 1. The van der Waals surface area contributed by atoms with E-state index in [-0.39, 0.29) is 5.92 Å². The lowest BCUT2D eigenvalue weighted by Crippen LogP contribution is -2.45. The molecule has 0 aromatic heterocycles. The number of ether oxygens (including phenoxy) is 1. The highest BCUT2D eigenvalue weighted by atomic mass is 16.5. The Morgan fingerprint density at radius 1 is 1.19 bits per heavy atom. The zero-order valence-electron chi connectivity index (χ0n) is 12.6. The van der Waals surface area contributed by atoms with Crippen molar-refractivity contribution < 1.29 is 19.1 Å². The molecule has 0 fully saturated rings. The number of rotatable bonds is 4. The lowest BCUT2D eigenvalue weighted by molar-refractivity contribution is -0.130. The SMILES string of the molecule is Cc1ccc(C(=O)O[C@@H](C(=O)NC(N)=O)C(C)C)c(C)c1. The van der Waals surface area contributed by atoms with E-state index in [1.54, 1.807) is 32.9 Å². The predicted molar refractivity (Wildman–Crippen MR) is 77.7 cm³/mol. The third-order valence-corrected chi connectivity index (χ3v) is 2.95. The van der Waals surface area contributed by atoms with Crippen LogP contribution >= 0.6 is 0 Å². The van der Waals surface area contributed by atoms with Crippen LogP contribution in [0.5, 0.6) is 0 Å². The molecule has 6 nitrogen and oxygen atoms in total. The first-order valence-electron chi connectivity index (χ1n) is 6.61. The van der Waals surface area contributed by atoms with Crippen molar-refractivity contribution in [3.05, 3.63) is 34.9 Å². The van der Waals surface area contributed by atoms with E-state index in [1.165, 1.54) is 0 Å². The minimum absolute atomic E-state index is 0.293. The molecule has 0 saturated heterocycles. The number of benzene rings is 1. The normalized spacial score (nSPS) is 11.9. The Kier molecular flexibility index (Phi) is 5.46. The highest BCUT2D eigenvalue weighted by Crippen LogP contribution is 2.15. The molecule has 1 rings (SSSR count). The van der Waals surface area contributed by atoms with Crippen LogP contribution in [0.1, 0.15) is 35.3 Å². The molecule has 1 aromatic carbocycles. The Morgan fingerprint density at radius 2 is 1.81 bits per heavy atom. The van der Waals surface area contributed by atoms with Crippen molar-refractivity contribution >= 4 is 17.9 Å². The summed E-state index contributed by atoms with van der Waals surface area (Å²) in [5.74, 6) is -1.62. The average Bonchev–Trinajstić information content (AvgIpc) is 2.34. The number of nitrogens with one attached hydrogen (secondary N) is 1. The van der Waals surface area contributed by atoms with Crippen molar-refractivity contribution in [2.75, 3.05) is 0 Å². The Labute approximate surface area is 123 Å². The van der Waals surface area contributed by atoms with Gasteiger partial charge in [0.1, 0.15) is 0 Å². The number of aryl methyl sites for hydroxylation is 2. The molecule has 0 saturated carbocycles. The van der Waals surface area contributed by atoms with Crippen molar-refractivity contribution in [3.8, 4) is 0 Å². The molecule has 3 N–H and O–H groups in total. The number of carbonyl (C=O) groups excluding carboxylic acids is 3. The topological polar surface area (TPSA) is 98.5 Å². The summed E-state index contributed by atoms with van der Waals surface area (Å²) in [6.07, 6.45) is -1.08. The summed E-state index contributed by atoms with van der Waals surface area (Å²) < 4.78 is 5.22. The number of esters is 1. The van der Waals surface area contributed by atoms with Gasteiger partial charge in [-0.3, -0.25) is 10.1 Å². The van der Waals surface area contributed by atoms with Crippen LogP contribution in [0.3, 0.4) is 0 Å². The Hall–Kier alpha value is -2.37. The summed E-state index contributed by atoms with van der Waals surface area (Å²) in [5.41, 5.74) is 7.08. The molecule has 6 heteroatoms. The van der Waals surface area contributed by atoms with Gasteiger partial charge in [-0.1, -0.05) is 31.5 Å². The van der Waals surface area contributed by atoms with Crippen LogP contribution < -0.4 is 11.1 Å². The van der Waals surface area contributed by atoms with E-state index in [9.17, 15) is 14.4 Å². The summed E-state index contributed by atoms with van der Waals surface area (Å²) in [5, 5.41) is 1.93. The minimum Gasteiger partial charge on any atom is -0.448 e. The van der Waals surface area contributed by atoms with Gasteiger partial charge in [0, 0.05) is 0 Å². The second-order valence-corrected chi connectivity index (χ2v) is 5.24. The molecule has 114 valence electrons. The van der Waals surface area contributed by atoms with E-state index in [0.29, 0.717) is 5.56 Å². The predicted octanol–water partition coefficient (Wildman–Crippen LogP) is 1.68. The molecule has 0 heterocycles. The number of hydrogen-bond donors (Lipinski definition) is 2. The van der Waals surface area contributed by atoms with Crippen LogP contribution in [-0.2, 0) is 9.53 Å². The number of urea groups is 1. The van der Waals surface area contributed by atoms with E-state index in [2.05, 4.69) is 0 Å². The van der Waals surface area contributed by atoms with Crippen LogP contribution in [0.15, 0.2) is 18.2 Å². The maximum absolute atomic E-state index is 12.2. The molecule has 0 aliphatic heterocycles. The van der Waals surface area contributed by atoms with Crippen LogP contribution in [0, 0.1) is 19.8 Å². The number of carbonyl (C=O) groups is 3. The first-order chi connectivity index (χ1) is 9.72. The molecule has 0 aliphatic carbocycles. The zero-order chi connectivity index (χ0) is 16.2. The Morgan fingerprint density at radius 3 is 2.29 bits per heavy atom. The van der Waals surface area contributed by atoms with Crippen molar-refractivity contribution in [1.82, 2.24) is 5.32 Å². The fraction of sp³-hybridized carbons (Fsp3) is 0.400. The Bertz CT molecular complexity index is 567.